The van der Waals surface area contributed by atoms with E-state index in [2.05, 4.69) is 0 Å². The van der Waals surface area contributed by atoms with Crippen molar-refractivity contribution in [3.05, 3.63) is 0 Å². The highest BCUT2D eigenvalue weighted by Crippen LogP contribution is 2.37. The molecule has 0 heterocycles. The van der Waals surface area contributed by atoms with E-state index in [1.807, 2.05) is 6.92 Å². The Morgan fingerprint density at radius 2 is 1.82 bits per heavy atom. The van der Waals surface area contributed by atoms with E-state index >= 15 is 0 Å². The summed E-state index contributed by atoms with van der Waals surface area (Å²) in [5.74, 6) is -2.81. The van der Waals surface area contributed by atoms with Crippen LogP contribution < -0.4 is 5.73 Å². The van der Waals surface area contributed by atoms with Crippen LogP contribution in [0.15, 0.2) is 0 Å². The van der Waals surface area contributed by atoms with Crippen LogP contribution in [0.4, 0.5) is 0 Å². The Morgan fingerprint density at radius 1 is 1.29 bits per heavy atom. The first-order valence-corrected chi connectivity index (χ1v) is 5.59. The first kappa shape index (κ1) is 13.5. The molecule has 1 saturated carbocycles. The number of nitrogens with two attached hydrogens (primary N) is 1. The van der Waals surface area contributed by atoms with Gasteiger partial charge < -0.3 is 15.7 Å². The van der Waals surface area contributed by atoms with E-state index in [1.54, 1.807) is 0 Å². The molecular weight excluding hydrogens is 224 g/mol. The number of carbonyl (C=O) groups is 3. The number of nitrogens with zero attached hydrogens (tertiary/aromatic N) is 1. The smallest absolute Gasteiger partial charge is 0.307 e. The minimum Gasteiger partial charge on any atom is -0.481 e. The van der Waals surface area contributed by atoms with Gasteiger partial charge in [-0.1, -0.05) is 6.92 Å². The molecule has 0 aromatic carbocycles. The third-order valence-corrected chi connectivity index (χ3v) is 3.20. The summed E-state index contributed by atoms with van der Waals surface area (Å²) in [7, 11) is 1.47. The highest BCUT2D eigenvalue weighted by atomic mass is 16.4. The van der Waals surface area contributed by atoms with E-state index < -0.39 is 23.7 Å². The van der Waals surface area contributed by atoms with Crippen LogP contribution in [0.3, 0.4) is 0 Å². The fourth-order valence-electron chi connectivity index (χ4n) is 2.43. The summed E-state index contributed by atoms with van der Waals surface area (Å²) >= 11 is 0. The lowest BCUT2D eigenvalue weighted by Gasteiger charge is -2.22. The molecule has 3 atom stereocenters. The van der Waals surface area contributed by atoms with E-state index in [0.29, 0.717) is 12.8 Å². The lowest BCUT2D eigenvalue weighted by atomic mass is 9.95. The maximum atomic E-state index is 12.0. The highest BCUT2D eigenvalue weighted by molar-refractivity contribution is 5.88. The predicted molar refractivity (Wildman–Crippen MR) is 59.8 cm³/mol. The number of hydrogen-bond donors (Lipinski definition) is 2. The molecule has 17 heavy (non-hydrogen) atoms. The number of amides is 2. The molecule has 0 bridgehead atoms. The zero-order valence-corrected chi connectivity index (χ0v) is 10.0. The number of likely N-dealkylation sites (N-methyl/N-ethyl adjacent to an activating group) is 1. The van der Waals surface area contributed by atoms with Crippen molar-refractivity contribution < 1.29 is 19.5 Å². The van der Waals surface area contributed by atoms with Crippen LogP contribution in [0.25, 0.3) is 0 Å². The fourth-order valence-corrected chi connectivity index (χ4v) is 2.43. The Kier molecular flexibility index (Phi) is 4.09. The number of hydrogen-bond acceptors (Lipinski definition) is 3. The van der Waals surface area contributed by atoms with Crippen molar-refractivity contribution in [3.8, 4) is 0 Å². The topological polar surface area (TPSA) is 101 Å². The summed E-state index contributed by atoms with van der Waals surface area (Å²) in [6.07, 6.45) is 1.06. The molecule has 0 aromatic heterocycles. The number of carboxylic acid groups (broad SMARTS) is 1. The highest BCUT2D eigenvalue weighted by Gasteiger charge is 2.42. The molecular formula is C11H18N2O4. The standard InChI is InChI=1S/C11H18N2O4/c1-6-3-7(8(4-6)11(16)17)10(15)13(2)5-9(12)14/h6-8H,3-5H2,1-2H3,(H2,12,14)(H,16,17)/t6?,7-,8+/m0/s1. The van der Waals surface area contributed by atoms with Crippen molar-refractivity contribution in [3.63, 3.8) is 0 Å². The lowest BCUT2D eigenvalue weighted by Crippen LogP contribution is -2.41. The van der Waals surface area contributed by atoms with Crippen molar-refractivity contribution in [2.24, 2.45) is 23.5 Å². The average Bonchev–Trinajstić information content (AvgIpc) is 2.58. The predicted octanol–water partition coefficient (Wildman–Crippen LogP) is -0.323. The number of primary amides is 1. The second-order valence-corrected chi connectivity index (χ2v) is 4.79. The molecule has 0 radical (unpaired) electrons. The zero-order chi connectivity index (χ0) is 13.2. The Labute approximate surface area is 99.8 Å². The van der Waals surface area contributed by atoms with Gasteiger partial charge in [-0.2, -0.15) is 0 Å². The van der Waals surface area contributed by atoms with Crippen molar-refractivity contribution in [1.29, 1.82) is 0 Å². The minimum absolute atomic E-state index is 0.171. The van der Waals surface area contributed by atoms with E-state index in [9.17, 15) is 14.4 Å². The molecule has 6 heteroatoms. The van der Waals surface area contributed by atoms with Gasteiger partial charge in [0.15, 0.2) is 0 Å². The van der Waals surface area contributed by atoms with Gasteiger partial charge in [-0.25, -0.2) is 0 Å². The molecule has 96 valence electrons. The molecule has 1 unspecified atom stereocenters. The van der Waals surface area contributed by atoms with Gasteiger partial charge in [-0.15, -0.1) is 0 Å². The summed E-state index contributed by atoms with van der Waals surface area (Å²) in [6, 6.07) is 0. The molecule has 1 fully saturated rings. The monoisotopic (exact) mass is 242 g/mol. The van der Waals surface area contributed by atoms with E-state index in [1.165, 1.54) is 11.9 Å². The Hall–Kier alpha value is -1.59. The average molecular weight is 242 g/mol. The van der Waals surface area contributed by atoms with Crippen LogP contribution in [0.5, 0.6) is 0 Å². The van der Waals surface area contributed by atoms with Crippen molar-refractivity contribution >= 4 is 17.8 Å². The maximum Gasteiger partial charge on any atom is 0.307 e. The second-order valence-electron chi connectivity index (χ2n) is 4.79. The summed E-state index contributed by atoms with van der Waals surface area (Å²) in [6.45, 7) is 1.76. The Balaban J connectivity index is 2.73. The van der Waals surface area contributed by atoms with E-state index in [4.69, 9.17) is 10.8 Å². The largest absolute Gasteiger partial charge is 0.481 e. The first-order valence-electron chi connectivity index (χ1n) is 5.59. The molecule has 0 aliphatic heterocycles. The van der Waals surface area contributed by atoms with Crippen LogP contribution in [0, 0.1) is 17.8 Å². The number of rotatable bonds is 4. The molecule has 0 spiro atoms. The number of aliphatic carboxylic acids is 1. The van der Waals surface area contributed by atoms with Crippen LogP contribution >= 0.6 is 0 Å². The fraction of sp³-hybridized carbons (Fsp3) is 0.727. The van der Waals surface area contributed by atoms with Crippen LogP contribution in [0.1, 0.15) is 19.8 Å². The van der Waals surface area contributed by atoms with Crippen molar-refractivity contribution in [2.75, 3.05) is 13.6 Å². The van der Waals surface area contributed by atoms with Gasteiger partial charge in [-0.3, -0.25) is 14.4 Å². The summed E-state index contributed by atoms with van der Waals surface area (Å²) < 4.78 is 0. The van der Waals surface area contributed by atoms with Crippen LogP contribution in [-0.2, 0) is 14.4 Å². The zero-order valence-electron chi connectivity index (χ0n) is 10.0. The Morgan fingerprint density at radius 3 is 2.29 bits per heavy atom. The molecule has 0 saturated heterocycles. The number of carbonyl (C=O) groups excluding carboxylic acids is 2. The van der Waals surface area contributed by atoms with Crippen LogP contribution in [-0.4, -0.2) is 41.4 Å². The summed E-state index contributed by atoms with van der Waals surface area (Å²) in [5.41, 5.74) is 5.00. The Bertz CT molecular complexity index is 342. The maximum absolute atomic E-state index is 12.0. The van der Waals surface area contributed by atoms with Gasteiger partial charge >= 0.3 is 5.97 Å². The molecule has 1 aliphatic rings. The van der Waals surface area contributed by atoms with E-state index in [0.717, 1.165) is 0 Å². The SMILES string of the molecule is CC1C[C@H](C(=O)N(C)CC(N)=O)[C@H](C(=O)O)C1. The minimum atomic E-state index is -0.944. The van der Waals surface area contributed by atoms with Gasteiger partial charge in [0.2, 0.25) is 11.8 Å². The van der Waals surface area contributed by atoms with Crippen molar-refractivity contribution in [2.45, 2.75) is 19.8 Å². The normalized spacial score (nSPS) is 27.8. The van der Waals surface area contributed by atoms with Gasteiger partial charge in [0.25, 0.3) is 0 Å². The summed E-state index contributed by atoms with van der Waals surface area (Å²) in [4.78, 5) is 35.0. The third kappa shape index (κ3) is 3.18. The van der Waals surface area contributed by atoms with Gasteiger partial charge in [0, 0.05) is 7.05 Å². The second kappa shape index (κ2) is 5.16. The van der Waals surface area contributed by atoms with Gasteiger partial charge in [0.1, 0.15) is 0 Å². The summed E-state index contributed by atoms with van der Waals surface area (Å²) in [5, 5.41) is 9.05. The lowest BCUT2D eigenvalue weighted by molar-refractivity contribution is -0.149. The molecule has 2 amide bonds. The quantitative estimate of drug-likeness (QED) is 0.705. The third-order valence-electron chi connectivity index (χ3n) is 3.20. The molecule has 6 nitrogen and oxygen atoms in total. The first-order chi connectivity index (χ1) is 7.82. The molecule has 0 aromatic rings. The van der Waals surface area contributed by atoms with Gasteiger partial charge in [0.05, 0.1) is 18.4 Å². The molecule has 3 N–H and O–H groups in total. The van der Waals surface area contributed by atoms with Crippen LogP contribution in [0.2, 0.25) is 0 Å². The molecule has 1 aliphatic carbocycles. The van der Waals surface area contributed by atoms with E-state index in [-0.39, 0.29) is 18.4 Å². The van der Waals surface area contributed by atoms with Gasteiger partial charge in [-0.05, 0) is 18.8 Å². The molecule has 1 rings (SSSR count). The van der Waals surface area contributed by atoms with Crippen molar-refractivity contribution in [1.82, 2.24) is 4.90 Å². The number of carboxylic acids is 1.